The summed E-state index contributed by atoms with van der Waals surface area (Å²) in [5.41, 5.74) is -0.449. The fourth-order valence-corrected chi connectivity index (χ4v) is 4.45. The minimum absolute atomic E-state index is 0.0854. The normalized spacial score (nSPS) is 16.5. The number of ether oxygens (including phenoxy) is 1. The number of carbonyl (C=O) groups excluding carboxylic acids is 1. The van der Waals surface area contributed by atoms with Crippen LogP contribution in [0.1, 0.15) is 30.1 Å². The van der Waals surface area contributed by atoms with E-state index in [9.17, 15) is 31.9 Å². The number of carboxylic acids is 1. The van der Waals surface area contributed by atoms with Gasteiger partial charge in [0, 0.05) is 13.1 Å². The molecule has 1 aromatic heterocycles. The highest BCUT2D eigenvalue weighted by Crippen LogP contribution is 2.28. The van der Waals surface area contributed by atoms with Gasteiger partial charge >= 0.3 is 11.9 Å². The highest BCUT2D eigenvalue weighted by atomic mass is 32.2. The van der Waals surface area contributed by atoms with Gasteiger partial charge in [-0.25, -0.2) is 27.0 Å². The highest BCUT2D eigenvalue weighted by molar-refractivity contribution is 7.92. The third kappa shape index (κ3) is 5.13. The summed E-state index contributed by atoms with van der Waals surface area (Å²) in [5, 5.41) is 9.64. The first-order valence-corrected chi connectivity index (χ1v) is 11.2. The number of halogens is 2. The molecule has 12 heteroatoms. The van der Waals surface area contributed by atoms with E-state index in [0.717, 1.165) is 18.3 Å². The summed E-state index contributed by atoms with van der Waals surface area (Å²) in [4.78, 5) is 29.1. The lowest BCUT2D eigenvalue weighted by atomic mass is 9.98. The van der Waals surface area contributed by atoms with Gasteiger partial charge in [-0.3, -0.25) is 9.52 Å². The van der Waals surface area contributed by atoms with Crippen LogP contribution >= 0.6 is 0 Å². The average Bonchev–Trinajstić information content (AvgIpc) is 2.75. The Hall–Kier alpha value is -3.28. The van der Waals surface area contributed by atoms with Gasteiger partial charge in [-0.15, -0.1) is 0 Å². The molecule has 172 valence electrons. The number of piperidine rings is 1. The van der Waals surface area contributed by atoms with E-state index >= 15 is 0 Å². The van der Waals surface area contributed by atoms with Gasteiger partial charge in [-0.1, -0.05) is 0 Å². The van der Waals surface area contributed by atoms with Crippen LogP contribution in [0.2, 0.25) is 0 Å². The van der Waals surface area contributed by atoms with Crippen molar-refractivity contribution >= 4 is 33.5 Å². The van der Waals surface area contributed by atoms with Crippen LogP contribution in [-0.4, -0.2) is 50.1 Å². The molecule has 9 nitrogen and oxygen atoms in total. The number of carboxylic acid groups (broad SMARTS) is 1. The largest absolute Gasteiger partial charge is 0.478 e. The molecule has 0 saturated carbocycles. The van der Waals surface area contributed by atoms with Crippen molar-refractivity contribution in [1.29, 1.82) is 0 Å². The molecule has 2 aromatic rings. The fourth-order valence-electron chi connectivity index (χ4n) is 3.40. The van der Waals surface area contributed by atoms with Crippen LogP contribution in [0.15, 0.2) is 35.4 Å². The quantitative estimate of drug-likeness (QED) is 0.593. The van der Waals surface area contributed by atoms with Gasteiger partial charge in [-0.05, 0) is 44.0 Å². The van der Waals surface area contributed by atoms with Crippen molar-refractivity contribution in [2.75, 3.05) is 29.3 Å². The molecule has 0 unspecified atom stereocenters. The zero-order chi connectivity index (χ0) is 23.5. The summed E-state index contributed by atoms with van der Waals surface area (Å²) in [6.45, 7) is 2.61. The van der Waals surface area contributed by atoms with Gasteiger partial charge < -0.3 is 14.7 Å². The number of sulfonamides is 1. The van der Waals surface area contributed by atoms with Crippen molar-refractivity contribution in [3.63, 3.8) is 0 Å². The maximum absolute atomic E-state index is 13.4. The van der Waals surface area contributed by atoms with Crippen molar-refractivity contribution in [3.05, 3.63) is 47.7 Å². The second-order valence-electron chi connectivity index (χ2n) is 7.12. The monoisotopic (exact) mass is 469 g/mol. The van der Waals surface area contributed by atoms with Crippen molar-refractivity contribution in [2.24, 2.45) is 5.92 Å². The molecule has 0 aliphatic carbocycles. The average molecular weight is 469 g/mol. The van der Waals surface area contributed by atoms with Crippen LogP contribution in [0, 0.1) is 17.6 Å². The third-order valence-electron chi connectivity index (χ3n) is 4.89. The third-order valence-corrected chi connectivity index (χ3v) is 6.27. The Labute approximate surface area is 183 Å². The molecule has 0 spiro atoms. The number of aromatic nitrogens is 1. The van der Waals surface area contributed by atoms with Crippen LogP contribution in [0.25, 0.3) is 0 Å². The van der Waals surface area contributed by atoms with E-state index in [0.29, 0.717) is 31.5 Å². The molecule has 1 saturated heterocycles. The summed E-state index contributed by atoms with van der Waals surface area (Å²) in [7, 11) is -4.32. The number of hydrogen-bond acceptors (Lipinski definition) is 7. The molecular weight excluding hydrogens is 448 g/mol. The van der Waals surface area contributed by atoms with Gasteiger partial charge in [0.1, 0.15) is 11.4 Å². The highest BCUT2D eigenvalue weighted by Gasteiger charge is 2.30. The van der Waals surface area contributed by atoms with Crippen molar-refractivity contribution < 1.29 is 36.6 Å². The van der Waals surface area contributed by atoms with Crippen LogP contribution < -0.4 is 9.62 Å². The Morgan fingerprint density at radius 3 is 2.69 bits per heavy atom. The molecule has 2 N–H and O–H groups in total. The number of nitrogens with zero attached hydrogens (tertiary/aromatic N) is 2. The zero-order valence-corrected chi connectivity index (χ0v) is 17.9. The lowest BCUT2D eigenvalue weighted by Gasteiger charge is -2.33. The number of hydrogen-bond donors (Lipinski definition) is 2. The van der Waals surface area contributed by atoms with Gasteiger partial charge in [0.25, 0.3) is 10.0 Å². The topological polar surface area (TPSA) is 126 Å². The number of benzene rings is 1. The van der Waals surface area contributed by atoms with Crippen LogP contribution in [0.5, 0.6) is 0 Å². The summed E-state index contributed by atoms with van der Waals surface area (Å²) in [5.74, 6) is -4.61. The van der Waals surface area contributed by atoms with Crippen LogP contribution in [0.3, 0.4) is 0 Å². The molecular formula is C20H21F2N3O6S. The smallest absolute Gasteiger partial charge is 0.339 e. The number of carbonyl (C=O) groups is 2. The molecule has 1 aliphatic heterocycles. The Morgan fingerprint density at radius 2 is 2.03 bits per heavy atom. The van der Waals surface area contributed by atoms with E-state index in [1.54, 1.807) is 11.8 Å². The molecule has 3 rings (SSSR count). The molecule has 0 amide bonds. The van der Waals surface area contributed by atoms with Crippen molar-refractivity contribution in [1.82, 2.24) is 4.98 Å². The molecule has 1 aliphatic rings. The maximum atomic E-state index is 13.4. The van der Waals surface area contributed by atoms with E-state index in [-0.39, 0.29) is 36.2 Å². The summed E-state index contributed by atoms with van der Waals surface area (Å²) in [6.07, 6.45) is 2.34. The molecule has 0 radical (unpaired) electrons. The van der Waals surface area contributed by atoms with Crippen molar-refractivity contribution in [2.45, 2.75) is 24.7 Å². The predicted molar refractivity (Wildman–Crippen MR) is 110 cm³/mol. The molecule has 1 aromatic carbocycles. The molecule has 0 bridgehead atoms. The zero-order valence-electron chi connectivity index (χ0n) is 17.0. The summed E-state index contributed by atoms with van der Waals surface area (Å²) >= 11 is 0. The minimum Gasteiger partial charge on any atom is -0.478 e. The van der Waals surface area contributed by atoms with Crippen LogP contribution in [-0.2, 0) is 19.6 Å². The second-order valence-corrected chi connectivity index (χ2v) is 8.80. The first-order chi connectivity index (χ1) is 15.1. The first kappa shape index (κ1) is 23.4. The summed E-state index contributed by atoms with van der Waals surface area (Å²) in [6, 6.07) is 3.14. The Kier molecular flexibility index (Phi) is 6.92. The summed E-state index contributed by atoms with van der Waals surface area (Å²) < 4.78 is 58.6. The maximum Gasteiger partial charge on any atom is 0.339 e. The molecule has 32 heavy (non-hydrogen) atoms. The SMILES string of the molecule is CCOC(=O)[C@H]1CCCN(c2ncc(NS(=O)(=O)c3ccc(F)c(F)c3)cc2C(=O)O)C1. The Morgan fingerprint density at radius 1 is 1.28 bits per heavy atom. The number of pyridine rings is 1. The number of aromatic carboxylic acids is 1. The first-order valence-electron chi connectivity index (χ1n) is 9.75. The van der Waals surface area contributed by atoms with Crippen molar-refractivity contribution in [3.8, 4) is 0 Å². The fraction of sp³-hybridized carbons (Fsp3) is 0.350. The molecule has 2 heterocycles. The second kappa shape index (κ2) is 9.47. The van der Waals surface area contributed by atoms with Gasteiger partial charge in [0.2, 0.25) is 0 Å². The number of rotatable bonds is 7. The Bertz CT molecular complexity index is 1140. The van der Waals surface area contributed by atoms with Gasteiger partial charge in [0.05, 0.1) is 29.3 Å². The molecule has 1 fully saturated rings. The minimum atomic E-state index is -4.32. The Balaban J connectivity index is 1.87. The van der Waals surface area contributed by atoms with E-state index in [1.807, 2.05) is 0 Å². The van der Waals surface area contributed by atoms with Gasteiger partial charge in [-0.2, -0.15) is 0 Å². The number of anilines is 2. The van der Waals surface area contributed by atoms with E-state index < -0.39 is 38.4 Å². The number of esters is 1. The standard InChI is InChI=1S/C20H21F2N3O6S/c1-2-31-20(28)12-4-3-7-25(11-12)18-15(19(26)27)8-13(10-23-18)24-32(29,30)14-5-6-16(21)17(22)9-14/h5-6,8-10,12,24H,2-4,7,11H2,1H3,(H,26,27)/t12-/m0/s1. The van der Waals surface area contributed by atoms with E-state index in [4.69, 9.17) is 4.74 Å². The predicted octanol–water partition coefficient (Wildman–Crippen LogP) is 2.64. The van der Waals surface area contributed by atoms with E-state index in [2.05, 4.69) is 9.71 Å². The lowest BCUT2D eigenvalue weighted by molar-refractivity contribution is -0.148. The van der Waals surface area contributed by atoms with E-state index in [1.165, 1.54) is 0 Å². The van der Waals surface area contributed by atoms with Gasteiger partial charge in [0.15, 0.2) is 11.6 Å². The number of nitrogens with one attached hydrogen (secondary N) is 1. The molecule has 1 atom stereocenters. The lowest BCUT2D eigenvalue weighted by Crippen LogP contribution is -2.40. The van der Waals surface area contributed by atoms with Crippen LogP contribution in [0.4, 0.5) is 20.3 Å².